The van der Waals surface area contributed by atoms with Gasteiger partial charge in [-0.3, -0.25) is 19.4 Å². The van der Waals surface area contributed by atoms with Crippen LogP contribution in [-0.2, 0) is 41.0 Å². The van der Waals surface area contributed by atoms with Crippen LogP contribution in [0, 0.1) is 22.7 Å². The van der Waals surface area contributed by atoms with Crippen molar-refractivity contribution in [2.45, 2.75) is 38.3 Å². The minimum absolute atomic E-state index is 0. The Balaban J connectivity index is 0.00000792. The number of alkyl halides is 6. The molecule has 0 aromatic heterocycles. The Morgan fingerprint density at radius 2 is 0.919 bits per heavy atom. The molecule has 2 aliphatic heterocycles. The third-order valence-electron chi connectivity index (χ3n) is 13.8. The number of ether oxygens (including phenoxy) is 2. The molecule has 0 saturated heterocycles. The second-order valence-electron chi connectivity index (χ2n) is 22.2. The molecule has 6 rings (SSSR count). The lowest BCUT2D eigenvalue weighted by Gasteiger charge is -2.42. The van der Waals surface area contributed by atoms with E-state index in [2.05, 4.69) is 10.6 Å². The number of nitrogens with zero attached hydrogens (tertiary/aromatic N) is 9. The number of allylic oxidation sites excluding steroid dienone is 2. The number of nitriles is 2. The van der Waals surface area contributed by atoms with Gasteiger partial charge >= 0.3 is 36.4 Å². The number of carbonyl (C=O) groups excluding carboxylic acids is 6. The highest BCUT2D eigenvalue weighted by atomic mass is 127. The molecule has 19 nitrogen and oxygen atoms in total. The number of urea groups is 2. The molecule has 86 heavy (non-hydrogen) atoms. The molecule has 6 amide bonds. The van der Waals surface area contributed by atoms with Gasteiger partial charge in [0.15, 0.2) is 0 Å². The first-order valence-corrected chi connectivity index (χ1v) is 26.5. The summed E-state index contributed by atoms with van der Waals surface area (Å²) in [5.41, 5.74) is -1.95. The number of esters is 2. The van der Waals surface area contributed by atoms with Gasteiger partial charge in [-0.25, -0.2) is 19.2 Å². The number of likely N-dealkylation sites (N-methyl/N-ethyl adjacent to an activating group) is 3. The Labute approximate surface area is 529 Å². The number of halogens is 8. The quantitative estimate of drug-likeness (QED) is 0.0497. The fourth-order valence-corrected chi connectivity index (χ4v) is 9.26. The molecule has 2 N–H and O–H groups in total. The molecule has 0 aliphatic carbocycles. The molecule has 0 saturated carbocycles. The van der Waals surface area contributed by atoms with Gasteiger partial charge in [0.25, 0.3) is 0 Å². The van der Waals surface area contributed by atoms with Crippen molar-refractivity contribution in [3.63, 3.8) is 0 Å². The van der Waals surface area contributed by atoms with Crippen LogP contribution in [0.25, 0.3) is 0 Å². The van der Waals surface area contributed by atoms with Gasteiger partial charge in [0, 0.05) is 37.6 Å². The standard InChI is InChI=1S/C59H65F6N11O8.2HI/c1-38-50(54(79)83-30-28-75(4,5)6)52(42-20-16-40(34-66)17-21-42)71(56(81)73(38)46-14-10-12-44(32-46)58(60,61)62)36-48(77)68-24-26-70(3)27-25-69-49(78)37-72-53(43-22-18-41(35-67)19-23-43)51(55(80)84-31-29-76(7,8)9)39(2)74(57(72)82)47-15-11-13-45(33-47)59(63,64)65;;/h10-23,32-33,52-53H,24-31,36-37H2,1-9H3;2*1H/t52-,53-;;/m1../s1. The van der Waals surface area contributed by atoms with Crippen LogP contribution in [0.1, 0.15) is 59.3 Å². The van der Waals surface area contributed by atoms with Crippen molar-refractivity contribution >= 4 is 47.2 Å². The molecule has 0 unspecified atom stereocenters. The Kier molecular flexibility index (Phi) is 24.7. The number of carbonyl (C=O) groups is 6. The van der Waals surface area contributed by atoms with E-state index in [0.29, 0.717) is 33.2 Å². The van der Waals surface area contributed by atoms with E-state index in [-0.39, 0.29) is 132 Å². The van der Waals surface area contributed by atoms with Crippen molar-refractivity contribution in [2.75, 3.05) is 125 Å². The lowest BCUT2D eigenvalue weighted by Crippen LogP contribution is -3.00. The van der Waals surface area contributed by atoms with Crippen molar-refractivity contribution in [3.8, 4) is 12.1 Å². The van der Waals surface area contributed by atoms with E-state index in [0.717, 1.165) is 56.0 Å². The molecule has 0 fully saturated rings. The molecule has 0 radical (unpaired) electrons. The molecule has 2 heterocycles. The zero-order valence-corrected chi connectivity index (χ0v) is 53.1. The highest BCUT2D eigenvalue weighted by molar-refractivity contribution is 6.05. The molecular formula is C59H67F6I2N11O8. The summed E-state index contributed by atoms with van der Waals surface area (Å²) >= 11 is 0. The summed E-state index contributed by atoms with van der Waals surface area (Å²) in [5.74, 6) is -3.25. The van der Waals surface area contributed by atoms with Crippen LogP contribution < -0.4 is 68.4 Å². The zero-order valence-electron chi connectivity index (χ0n) is 48.8. The Bertz CT molecular complexity index is 3070. The molecule has 2 atom stereocenters. The lowest BCUT2D eigenvalue weighted by molar-refractivity contribution is -0.870. The highest BCUT2D eigenvalue weighted by Gasteiger charge is 2.46. The van der Waals surface area contributed by atoms with Gasteiger partial charge in [0.2, 0.25) is 11.8 Å². The Hall–Kier alpha value is -7.32. The van der Waals surface area contributed by atoms with Gasteiger partial charge in [0.1, 0.15) is 39.4 Å². The number of nitrogens with one attached hydrogen (secondary N) is 2. The first-order chi connectivity index (χ1) is 39.3. The zero-order chi connectivity index (χ0) is 62.1. The van der Waals surface area contributed by atoms with Crippen molar-refractivity contribution in [2.24, 2.45) is 0 Å². The number of benzene rings is 4. The van der Waals surface area contributed by atoms with E-state index in [1.807, 2.05) is 54.4 Å². The van der Waals surface area contributed by atoms with Crippen LogP contribution in [-0.4, -0.2) is 174 Å². The van der Waals surface area contributed by atoms with Crippen molar-refractivity contribution in [1.82, 2.24) is 25.3 Å². The molecule has 4 aromatic rings. The van der Waals surface area contributed by atoms with Crippen LogP contribution in [0.3, 0.4) is 0 Å². The maximum atomic E-state index is 14.7. The predicted molar refractivity (Wildman–Crippen MR) is 296 cm³/mol. The third-order valence-corrected chi connectivity index (χ3v) is 13.8. The SMILES string of the molecule is CC1=C(C(=O)OCC[N+](C)(C)C)[C@@H](c2ccc(C#N)cc2)N(CC(=O)NCCN(C)CCNC(=O)CN2C(=O)N(c3cccc(C(F)(F)F)c3)C(C)=C(C(=O)OCC[N+](C)(C)C)[C@H]2c2ccc(C#N)cc2)C(=O)N1c1cccc(C(F)(F)F)c1.[I-].[I-]. The molecule has 0 spiro atoms. The highest BCUT2D eigenvalue weighted by Crippen LogP contribution is 2.43. The molecule has 2 aliphatic rings. The number of rotatable bonds is 22. The number of anilines is 2. The van der Waals surface area contributed by atoms with Crippen LogP contribution in [0.2, 0.25) is 0 Å². The summed E-state index contributed by atoms with van der Waals surface area (Å²) in [7, 11) is 12.9. The molecular weight excluding hydrogens is 1360 g/mol. The largest absolute Gasteiger partial charge is 1.00 e. The average molecular weight is 1430 g/mol. The first-order valence-electron chi connectivity index (χ1n) is 26.5. The summed E-state index contributed by atoms with van der Waals surface area (Å²) in [6.45, 7) is 2.15. The van der Waals surface area contributed by atoms with E-state index in [1.165, 1.54) is 74.5 Å². The van der Waals surface area contributed by atoms with E-state index in [1.54, 1.807) is 11.9 Å². The van der Waals surface area contributed by atoms with E-state index in [9.17, 15) is 65.6 Å². The number of hydrogen-bond acceptors (Lipinski definition) is 11. The van der Waals surface area contributed by atoms with Gasteiger partial charge in [-0.2, -0.15) is 36.9 Å². The number of amides is 6. The maximum Gasteiger partial charge on any atom is 0.416 e. The maximum absolute atomic E-state index is 14.7. The van der Waals surface area contributed by atoms with Crippen LogP contribution in [0.5, 0.6) is 0 Å². The fraction of sp³-hybridized carbons (Fsp3) is 0.390. The summed E-state index contributed by atoms with van der Waals surface area (Å²) in [6, 6.07) is 19.2. The van der Waals surface area contributed by atoms with Gasteiger partial charge in [-0.15, -0.1) is 0 Å². The predicted octanol–water partition coefficient (Wildman–Crippen LogP) is 1.35. The summed E-state index contributed by atoms with van der Waals surface area (Å²) in [6.07, 6.45) is -9.61. The summed E-state index contributed by atoms with van der Waals surface area (Å²) < 4.78 is 96.7. The Morgan fingerprint density at radius 3 is 1.22 bits per heavy atom. The van der Waals surface area contributed by atoms with Gasteiger partial charge in [-0.1, -0.05) is 36.4 Å². The minimum Gasteiger partial charge on any atom is -1.00 e. The second kappa shape index (κ2) is 29.9. The molecule has 4 aromatic carbocycles. The van der Waals surface area contributed by atoms with Crippen molar-refractivity contribution in [3.05, 3.63) is 153 Å². The van der Waals surface area contributed by atoms with Crippen molar-refractivity contribution < 1.29 is 122 Å². The lowest BCUT2D eigenvalue weighted by atomic mass is 9.92. The monoisotopic (exact) mass is 1430 g/mol. The first kappa shape index (κ1) is 71.2. The van der Waals surface area contributed by atoms with Crippen molar-refractivity contribution in [1.29, 1.82) is 10.5 Å². The number of quaternary nitrogens is 2. The third kappa shape index (κ3) is 18.4. The van der Waals surface area contributed by atoms with Crippen LogP contribution in [0.4, 0.5) is 47.3 Å². The van der Waals surface area contributed by atoms with E-state index < -0.39 is 84.5 Å². The summed E-state index contributed by atoms with van der Waals surface area (Å²) in [4.78, 5) is 91.5. The molecule has 27 heteroatoms. The van der Waals surface area contributed by atoms with Gasteiger partial charge in [-0.05, 0) is 92.7 Å². The van der Waals surface area contributed by atoms with E-state index in [4.69, 9.17) is 9.47 Å². The fourth-order valence-electron chi connectivity index (χ4n) is 9.26. The van der Waals surface area contributed by atoms with Gasteiger partial charge in [0.05, 0.1) is 111 Å². The summed E-state index contributed by atoms with van der Waals surface area (Å²) in [5, 5.41) is 24.6. The topological polar surface area (TPSA) is 209 Å². The van der Waals surface area contributed by atoms with Gasteiger partial charge < -0.3 is 91.7 Å². The van der Waals surface area contributed by atoms with Crippen LogP contribution in [0.15, 0.2) is 120 Å². The number of hydrogen-bond donors (Lipinski definition) is 2. The molecule has 0 bridgehead atoms. The van der Waals surface area contributed by atoms with Crippen LogP contribution >= 0.6 is 0 Å². The van der Waals surface area contributed by atoms with E-state index >= 15 is 0 Å². The normalized spacial score (nSPS) is 15.8. The molecule has 462 valence electrons. The smallest absolute Gasteiger partial charge is 0.416 e. The minimum atomic E-state index is -4.80. The average Bonchev–Trinajstić information content (AvgIpc) is 0.786. The second-order valence-corrected chi connectivity index (χ2v) is 22.2. The Morgan fingerprint density at radius 1 is 0.581 bits per heavy atom.